The zero-order chi connectivity index (χ0) is 24.9. The van der Waals surface area contributed by atoms with Crippen LogP contribution in [0.15, 0.2) is 46.0 Å². The van der Waals surface area contributed by atoms with Crippen molar-refractivity contribution in [2.75, 3.05) is 55.5 Å². The normalized spacial score (nSPS) is 17.7. The summed E-state index contributed by atoms with van der Waals surface area (Å²) in [5.41, 5.74) is 2.08. The van der Waals surface area contributed by atoms with Crippen LogP contribution >= 0.6 is 0 Å². The molecule has 1 saturated carbocycles. The standard InChI is InChI=1S/C25H37N9O/c1-6-18(19-7-8-19)13-22(27-4)34(26)24-15-23(33-11-9-32(5)10-12-33)29-25(30-24)28-16-20-14-21(17(2)3)31-35-20/h6,13-15,17,19H,1,7-12,16,26H2,2-5H3,(H,28,29,30)/b18-13+,27-22?. The van der Waals surface area contributed by atoms with E-state index in [0.717, 1.165) is 49.0 Å². The summed E-state index contributed by atoms with van der Waals surface area (Å²) in [6, 6.07) is 3.88. The van der Waals surface area contributed by atoms with Crippen molar-refractivity contribution in [3.05, 3.63) is 47.9 Å². The van der Waals surface area contributed by atoms with Crippen molar-refractivity contribution in [2.24, 2.45) is 16.8 Å². The summed E-state index contributed by atoms with van der Waals surface area (Å²) < 4.78 is 5.47. The van der Waals surface area contributed by atoms with Crippen LogP contribution in [0.4, 0.5) is 17.6 Å². The highest BCUT2D eigenvalue weighted by molar-refractivity contribution is 6.05. The second-order valence-electron chi connectivity index (χ2n) is 9.50. The van der Waals surface area contributed by atoms with E-state index in [4.69, 9.17) is 20.3 Å². The van der Waals surface area contributed by atoms with Crippen LogP contribution in [0.1, 0.15) is 44.1 Å². The molecule has 0 aromatic carbocycles. The van der Waals surface area contributed by atoms with Crippen LogP contribution in [0.25, 0.3) is 0 Å². The number of hydrogen-bond acceptors (Lipinski definition) is 9. The third kappa shape index (κ3) is 6.26. The minimum absolute atomic E-state index is 0.303. The third-order valence-corrected chi connectivity index (χ3v) is 6.42. The number of likely N-dealkylation sites (N-methyl/N-ethyl adjacent to an activating group) is 1. The number of rotatable bonds is 9. The highest BCUT2D eigenvalue weighted by Gasteiger charge is 2.25. The Kier molecular flexibility index (Phi) is 7.82. The van der Waals surface area contributed by atoms with E-state index in [1.165, 1.54) is 17.9 Å². The molecular formula is C25H37N9O. The van der Waals surface area contributed by atoms with Crippen LogP contribution in [-0.4, -0.2) is 66.1 Å². The minimum atomic E-state index is 0.303. The Morgan fingerprint density at radius 1 is 1.29 bits per heavy atom. The first-order valence-corrected chi connectivity index (χ1v) is 12.3. The van der Waals surface area contributed by atoms with Crippen LogP contribution in [0.3, 0.4) is 0 Å². The Morgan fingerprint density at radius 3 is 2.63 bits per heavy atom. The zero-order valence-electron chi connectivity index (χ0n) is 21.2. The molecule has 35 heavy (non-hydrogen) atoms. The predicted molar refractivity (Wildman–Crippen MR) is 141 cm³/mol. The van der Waals surface area contributed by atoms with Crippen LogP contribution in [0.2, 0.25) is 0 Å². The van der Waals surface area contributed by atoms with Gasteiger partial charge in [0.2, 0.25) is 5.95 Å². The molecule has 2 aliphatic rings. The van der Waals surface area contributed by atoms with Gasteiger partial charge in [0.25, 0.3) is 0 Å². The molecule has 0 unspecified atom stereocenters. The molecule has 4 rings (SSSR count). The molecule has 0 spiro atoms. The molecule has 3 heterocycles. The molecule has 0 atom stereocenters. The fourth-order valence-electron chi connectivity index (χ4n) is 3.94. The lowest BCUT2D eigenvalue weighted by Crippen LogP contribution is -2.45. The summed E-state index contributed by atoms with van der Waals surface area (Å²) >= 11 is 0. The molecule has 2 aromatic heterocycles. The number of allylic oxidation sites excluding steroid dienone is 2. The van der Waals surface area contributed by atoms with E-state index in [0.29, 0.717) is 36.0 Å². The lowest BCUT2D eigenvalue weighted by Gasteiger charge is -2.33. The lowest BCUT2D eigenvalue weighted by molar-refractivity contribution is 0.312. The van der Waals surface area contributed by atoms with Crippen molar-refractivity contribution >= 4 is 23.4 Å². The molecule has 0 amide bonds. The average molecular weight is 480 g/mol. The SMILES string of the molecule is C=C/C(=C\C(=NC)N(N)c1cc(N2CCN(C)CC2)nc(NCc2cc(C(C)C)no2)n1)C1CC1. The van der Waals surface area contributed by atoms with Gasteiger partial charge in [-0.15, -0.1) is 0 Å². The molecule has 10 heteroatoms. The molecule has 1 aliphatic carbocycles. The van der Waals surface area contributed by atoms with Crippen LogP contribution in [0, 0.1) is 5.92 Å². The van der Waals surface area contributed by atoms with Gasteiger partial charge in [-0.25, -0.2) is 10.9 Å². The fourth-order valence-corrected chi connectivity index (χ4v) is 3.94. The summed E-state index contributed by atoms with van der Waals surface area (Å²) in [5, 5.41) is 8.94. The second kappa shape index (κ2) is 11.0. The predicted octanol–water partition coefficient (Wildman–Crippen LogP) is 3.18. The van der Waals surface area contributed by atoms with Crippen molar-refractivity contribution in [3.63, 3.8) is 0 Å². The van der Waals surface area contributed by atoms with Crippen LogP contribution in [0.5, 0.6) is 0 Å². The minimum Gasteiger partial charge on any atom is -0.359 e. The molecule has 0 radical (unpaired) electrons. The van der Waals surface area contributed by atoms with Gasteiger partial charge in [-0.05, 0) is 43.4 Å². The Balaban J connectivity index is 1.60. The van der Waals surface area contributed by atoms with Crippen molar-refractivity contribution < 1.29 is 4.52 Å². The summed E-state index contributed by atoms with van der Waals surface area (Å²) in [5.74, 6) is 10.6. The summed E-state index contributed by atoms with van der Waals surface area (Å²) in [6.45, 7) is 12.3. The maximum absolute atomic E-state index is 6.56. The molecule has 10 nitrogen and oxygen atoms in total. The zero-order valence-corrected chi connectivity index (χ0v) is 21.2. The lowest BCUT2D eigenvalue weighted by atomic mass is 10.1. The Morgan fingerprint density at radius 2 is 2.03 bits per heavy atom. The number of nitrogens with two attached hydrogens (primary N) is 1. The van der Waals surface area contributed by atoms with Gasteiger partial charge in [0.15, 0.2) is 11.6 Å². The van der Waals surface area contributed by atoms with Crippen molar-refractivity contribution in [1.82, 2.24) is 20.0 Å². The third-order valence-electron chi connectivity index (χ3n) is 6.42. The smallest absolute Gasteiger partial charge is 0.227 e. The molecular weight excluding hydrogens is 442 g/mol. The topological polar surface area (TPSA) is 112 Å². The van der Waals surface area contributed by atoms with Gasteiger partial charge in [-0.3, -0.25) is 4.99 Å². The Labute approximate surface area is 207 Å². The maximum Gasteiger partial charge on any atom is 0.227 e. The number of hydrogen-bond donors (Lipinski definition) is 2. The molecule has 2 aromatic rings. The number of nitrogens with one attached hydrogen (secondary N) is 1. The maximum atomic E-state index is 6.56. The van der Waals surface area contributed by atoms with Crippen molar-refractivity contribution in [1.29, 1.82) is 0 Å². The number of aliphatic imine (C=N–C) groups is 1. The van der Waals surface area contributed by atoms with E-state index in [1.54, 1.807) is 7.05 Å². The van der Waals surface area contributed by atoms with E-state index < -0.39 is 0 Å². The van der Waals surface area contributed by atoms with Gasteiger partial charge in [0, 0.05) is 45.4 Å². The monoisotopic (exact) mass is 479 g/mol. The van der Waals surface area contributed by atoms with Gasteiger partial charge in [0.05, 0.1) is 12.2 Å². The van der Waals surface area contributed by atoms with Gasteiger partial charge < -0.3 is 19.6 Å². The molecule has 188 valence electrons. The quantitative estimate of drug-likeness (QED) is 0.184. The van der Waals surface area contributed by atoms with Crippen molar-refractivity contribution in [3.8, 4) is 0 Å². The van der Waals surface area contributed by atoms with Crippen LogP contribution in [-0.2, 0) is 6.54 Å². The number of anilines is 3. The van der Waals surface area contributed by atoms with Gasteiger partial charge >= 0.3 is 0 Å². The highest BCUT2D eigenvalue weighted by Crippen LogP contribution is 2.37. The van der Waals surface area contributed by atoms with Gasteiger partial charge in [0.1, 0.15) is 11.7 Å². The average Bonchev–Trinajstić information content (AvgIpc) is 3.59. The molecule has 0 bridgehead atoms. The largest absolute Gasteiger partial charge is 0.359 e. The number of aromatic nitrogens is 3. The Bertz CT molecular complexity index is 1080. The molecule has 1 aliphatic heterocycles. The summed E-state index contributed by atoms with van der Waals surface area (Å²) in [7, 11) is 3.87. The second-order valence-corrected chi connectivity index (χ2v) is 9.50. The molecule has 1 saturated heterocycles. The first kappa shape index (κ1) is 24.9. The number of nitrogens with zero attached hydrogens (tertiary/aromatic N) is 7. The van der Waals surface area contributed by atoms with Crippen molar-refractivity contribution in [2.45, 2.75) is 39.2 Å². The van der Waals surface area contributed by atoms with E-state index in [2.05, 4.69) is 52.7 Å². The highest BCUT2D eigenvalue weighted by atomic mass is 16.5. The van der Waals surface area contributed by atoms with E-state index >= 15 is 0 Å². The number of piperazine rings is 1. The molecule has 2 fully saturated rings. The van der Waals surface area contributed by atoms with E-state index in [1.807, 2.05) is 24.3 Å². The molecule has 3 N–H and O–H groups in total. The van der Waals surface area contributed by atoms with Gasteiger partial charge in [-0.1, -0.05) is 31.7 Å². The van der Waals surface area contributed by atoms with Gasteiger partial charge in [-0.2, -0.15) is 9.97 Å². The number of amidine groups is 1. The first-order valence-electron chi connectivity index (χ1n) is 12.3. The summed E-state index contributed by atoms with van der Waals surface area (Å²) in [6.07, 6.45) is 6.24. The summed E-state index contributed by atoms with van der Waals surface area (Å²) in [4.78, 5) is 18.5. The fraction of sp³-hybridized carbons (Fsp3) is 0.520. The van der Waals surface area contributed by atoms with E-state index in [-0.39, 0.29) is 0 Å². The van der Waals surface area contributed by atoms with E-state index in [9.17, 15) is 0 Å². The first-order chi connectivity index (χ1) is 16.9. The van der Waals surface area contributed by atoms with Crippen LogP contribution < -0.4 is 21.1 Å². The Hall–Kier alpha value is -3.24. The number of hydrazine groups is 1.